The molecule has 1 saturated carbocycles. The van der Waals surface area contributed by atoms with Crippen molar-refractivity contribution in [2.75, 3.05) is 0 Å². The van der Waals surface area contributed by atoms with E-state index in [1.54, 1.807) is 0 Å². The molecule has 1 heteroatoms. The average Bonchev–Trinajstić information content (AvgIpc) is 2.50. The van der Waals surface area contributed by atoms with Gasteiger partial charge in [-0.25, -0.2) is 0 Å². The molecule has 1 atom stereocenters. The van der Waals surface area contributed by atoms with Crippen LogP contribution in [0, 0.1) is 11.3 Å². The van der Waals surface area contributed by atoms with Gasteiger partial charge in [-0.2, -0.15) is 0 Å². The smallest absolute Gasteiger partial charge is 0.00673 e. The van der Waals surface area contributed by atoms with Gasteiger partial charge in [0.25, 0.3) is 0 Å². The van der Waals surface area contributed by atoms with Crippen LogP contribution in [0.25, 0.3) is 0 Å². The molecule has 1 aliphatic rings. The minimum absolute atomic E-state index is 0.455. The highest BCUT2D eigenvalue weighted by Crippen LogP contribution is 2.30. The van der Waals surface area contributed by atoms with E-state index >= 15 is 0 Å². The van der Waals surface area contributed by atoms with Crippen LogP contribution < -0.4 is 5.73 Å². The predicted octanol–water partition coefficient (Wildman–Crippen LogP) is 3.33. The zero-order valence-corrected chi connectivity index (χ0v) is 9.47. The molecule has 1 rings (SSSR count). The van der Waals surface area contributed by atoms with Crippen molar-refractivity contribution < 1.29 is 0 Å². The third kappa shape index (κ3) is 4.12. The fraction of sp³-hybridized carbons (Fsp3) is 1.00. The van der Waals surface area contributed by atoms with E-state index in [2.05, 4.69) is 20.8 Å². The first kappa shape index (κ1) is 11.0. The Labute approximate surface area is 83.1 Å². The molecular weight excluding hydrogens is 158 g/mol. The number of rotatable bonds is 3. The first-order chi connectivity index (χ1) is 5.99. The lowest BCUT2D eigenvalue weighted by Crippen LogP contribution is -2.29. The Morgan fingerprint density at radius 2 is 1.77 bits per heavy atom. The lowest BCUT2D eigenvalue weighted by molar-refractivity contribution is 0.312. The molecule has 1 aliphatic carbocycles. The summed E-state index contributed by atoms with van der Waals surface area (Å²) >= 11 is 0. The molecule has 0 aromatic heterocycles. The van der Waals surface area contributed by atoms with Gasteiger partial charge in [-0.1, -0.05) is 33.6 Å². The maximum Gasteiger partial charge on any atom is 0.00673 e. The Bertz CT molecular complexity index is 140. The molecule has 1 fully saturated rings. The van der Waals surface area contributed by atoms with Gasteiger partial charge in [0.05, 0.1) is 0 Å². The maximum atomic E-state index is 6.19. The molecule has 1 unspecified atom stereocenters. The molecule has 78 valence electrons. The number of nitrogens with two attached hydrogens (primary N) is 1. The predicted molar refractivity (Wildman–Crippen MR) is 58.6 cm³/mol. The van der Waals surface area contributed by atoms with Crippen molar-refractivity contribution >= 4 is 0 Å². The van der Waals surface area contributed by atoms with E-state index in [-0.39, 0.29) is 0 Å². The monoisotopic (exact) mass is 183 g/mol. The van der Waals surface area contributed by atoms with Gasteiger partial charge >= 0.3 is 0 Å². The van der Waals surface area contributed by atoms with E-state index in [0.717, 1.165) is 5.92 Å². The summed E-state index contributed by atoms with van der Waals surface area (Å²) in [6.45, 7) is 6.90. The highest BCUT2D eigenvalue weighted by atomic mass is 14.7. The molecule has 0 amide bonds. The van der Waals surface area contributed by atoms with Crippen molar-refractivity contribution in [3.63, 3.8) is 0 Å². The molecule has 0 radical (unpaired) electrons. The van der Waals surface area contributed by atoms with Gasteiger partial charge in [0.1, 0.15) is 0 Å². The molecular formula is C12H25N. The van der Waals surface area contributed by atoms with Crippen LogP contribution in [-0.4, -0.2) is 6.04 Å². The van der Waals surface area contributed by atoms with Crippen LogP contribution in [0.5, 0.6) is 0 Å². The van der Waals surface area contributed by atoms with Crippen LogP contribution >= 0.6 is 0 Å². The van der Waals surface area contributed by atoms with E-state index in [0.29, 0.717) is 11.5 Å². The molecule has 0 spiro atoms. The van der Waals surface area contributed by atoms with E-state index in [4.69, 9.17) is 5.73 Å². The van der Waals surface area contributed by atoms with Gasteiger partial charge in [0.15, 0.2) is 0 Å². The largest absolute Gasteiger partial charge is 0.327 e. The third-order valence-corrected chi connectivity index (χ3v) is 3.23. The van der Waals surface area contributed by atoms with Crippen LogP contribution in [0.1, 0.15) is 59.3 Å². The Morgan fingerprint density at radius 1 is 1.23 bits per heavy atom. The lowest BCUT2D eigenvalue weighted by Gasteiger charge is -2.24. The molecule has 0 aromatic rings. The summed E-state index contributed by atoms with van der Waals surface area (Å²) in [4.78, 5) is 0. The standard InChI is InChI=1S/C12H25N/c1-12(2,3)9-8-11(13)10-6-4-5-7-10/h10-11H,4-9,13H2,1-3H3. The minimum Gasteiger partial charge on any atom is -0.327 e. The van der Waals surface area contributed by atoms with Gasteiger partial charge in [0, 0.05) is 6.04 Å². The Morgan fingerprint density at radius 3 is 2.23 bits per heavy atom. The van der Waals surface area contributed by atoms with E-state index < -0.39 is 0 Å². The minimum atomic E-state index is 0.455. The summed E-state index contributed by atoms with van der Waals surface area (Å²) in [5, 5.41) is 0. The Balaban J connectivity index is 2.20. The van der Waals surface area contributed by atoms with Crippen LogP contribution in [0.15, 0.2) is 0 Å². The molecule has 0 saturated heterocycles. The lowest BCUT2D eigenvalue weighted by atomic mass is 9.85. The molecule has 0 aromatic carbocycles. The van der Waals surface area contributed by atoms with Crippen molar-refractivity contribution in [1.82, 2.24) is 0 Å². The Kier molecular flexibility index (Phi) is 3.78. The van der Waals surface area contributed by atoms with Crippen molar-refractivity contribution in [3.8, 4) is 0 Å². The number of hydrogen-bond donors (Lipinski definition) is 1. The molecule has 0 bridgehead atoms. The molecule has 2 N–H and O–H groups in total. The quantitative estimate of drug-likeness (QED) is 0.713. The second kappa shape index (κ2) is 4.45. The highest BCUT2D eigenvalue weighted by molar-refractivity contribution is 4.79. The van der Waals surface area contributed by atoms with Gasteiger partial charge in [0.2, 0.25) is 0 Å². The van der Waals surface area contributed by atoms with Crippen LogP contribution in [0.2, 0.25) is 0 Å². The topological polar surface area (TPSA) is 26.0 Å². The number of hydrogen-bond acceptors (Lipinski definition) is 1. The summed E-state index contributed by atoms with van der Waals surface area (Å²) in [6, 6.07) is 0.474. The SMILES string of the molecule is CC(C)(C)CCC(N)C1CCCC1. The van der Waals surface area contributed by atoms with Gasteiger partial charge in [-0.15, -0.1) is 0 Å². The fourth-order valence-electron chi connectivity index (χ4n) is 2.22. The van der Waals surface area contributed by atoms with Gasteiger partial charge in [-0.3, -0.25) is 0 Å². The normalized spacial score (nSPS) is 22.2. The summed E-state index contributed by atoms with van der Waals surface area (Å²) in [5.74, 6) is 0.836. The average molecular weight is 183 g/mol. The van der Waals surface area contributed by atoms with Crippen LogP contribution in [-0.2, 0) is 0 Å². The molecule has 0 heterocycles. The van der Waals surface area contributed by atoms with Crippen molar-refractivity contribution in [3.05, 3.63) is 0 Å². The maximum absolute atomic E-state index is 6.19. The van der Waals surface area contributed by atoms with Crippen molar-refractivity contribution in [1.29, 1.82) is 0 Å². The van der Waals surface area contributed by atoms with Crippen molar-refractivity contribution in [2.45, 2.75) is 65.3 Å². The van der Waals surface area contributed by atoms with E-state index in [1.165, 1.54) is 38.5 Å². The van der Waals surface area contributed by atoms with Gasteiger partial charge in [-0.05, 0) is 37.0 Å². The second-order valence-corrected chi connectivity index (χ2v) is 5.81. The van der Waals surface area contributed by atoms with Crippen LogP contribution in [0.3, 0.4) is 0 Å². The summed E-state index contributed by atoms with van der Waals surface area (Å²) in [7, 11) is 0. The third-order valence-electron chi connectivity index (χ3n) is 3.23. The fourth-order valence-corrected chi connectivity index (χ4v) is 2.22. The summed E-state index contributed by atoms with van der Waals surface area (Å²) in [6.07, 6.45) is 8.07. The molecule has 0 aliphatic heterocycles. The second-order valence-electron chi connectivity index (χ2n) is 5.81. The Hall–Kier alpha value is -0.0400. The molecule has 13 heavy (non-hydrogen) atoms. The van der Waals surface area contributed by atoms with Crippen LogP contribution in [0.4, 0.5) is 0 Å². The van der Waals surface area contributed by atoms with E-state index in [9.17, 15) is 0 Å². The molecule has 1 nitrogen and oxygen atoms in total. The van der Waals surface area contributed by atoms with E-state index in [1.807, 2.05) is 0 Å². The first-order valence-electron chi connectivity index (χ1n) is 5.74. The first-order valence-corrected chi connectivity index (χ1v) is 5.74. The zero-order chi connectivity index (χ0) is 9.90. The summed E-state index contributed by atoms with van der Waals surface area (Å²) < 4.78 is 0. The van der Waals surface area contributed by atoms with Crippen molar-refractivity contribution in [2.24, 2.45) is 17.1 Å². The highest BCUT2D eigenvalue weighted by Gasteiger charge is 2.23. The van der Waals surface area contributed by atoms with Gasteiger partial charge < -0.3 is 5.73 Å². The summed E-state index contributed by atoms with van der Waals surface area (Å²) in [5.41, 5.74) is 6.64. The zero-order valence-electron chi connectivity index (χ0n) is 9.47.